The zero-order chi connectivity index (χ0) is 12.4. The average molecular weight is 245 g/mol. The molecule has 3 heterocycles. The first-order chi connectivity index (χ1) is 8.85. The van der Waals surface area contributed by atoms with E-state index < -0.39 is 0 Å². The maximum absolute atomic E-state index is 4.48. The molecule has 0 radical (unpaired) electrons. The first-order valence-electron chi connectivity index (χ1n) is 6.65. The highest BCUT2D eigenvalue weighted by molar-refractivity contribution is 5.43. The number of likely N-dealkylation sites (tertiary alicyclic amines) is 1. The van der Waals surface area contributed by atoms with Crippen molar-refractivity contribution in [1.29, 1.82) is 0 Å². The third-order valence-electron chi connectivity index (χ3n) is 3.53. The van der Waals surface area contributed by atoms with Gasteiger partial charge in [0.05, 0.1) is 0 Å². The highest BCUT2D eigenvalue weighted by Gasteiger charge is 2.19. The molecule has 1 fully saturated rings. The average Bonchev–Trinajstić information content (AvgIpc) is 2.81. The van der Waals surface area contributed by atoms with Gasteiger partial charge in [0, 0.05) is 18.8 Å². The molecule has 1 unspecified atom stereocenters. The fraction of sp³-hybridized carbons (Fsp3) is 0.538. The molecule has 0 saturated carbocycles. The Kier molecular flexibility index (Phi) is 3.15. The van der Waals surface area contributed by atoms with Gasteiger partial charge in [-0.25, -0.2) is 4.52 Å². The van der Waals surface area contributed by atoms with Crippen molar-refractivity contribution in [3.05, 3.63) is 24.4 Å². The van der Waals surface area contributed by atoms with Crippen molar-refractivity contribution < 1.29 is 0 Å². The number of rotatable bonds is 3. The second kappa shape index (κ2) is 4.94. The van der Waals surface area contributed by atoms with Gasteiger partial charge >= 0.3 is 0 Å². The van der Waals surface area contributed by atoms with E-state index in [0.29, 0.717) is 6.04 Å². The van der Waals surface area contributed by atoms with Gasteiger partial charge in [-0.2, -0.15) is 4.98 Å². The van der Waals surface area contributed by atoms with E-state index in [2.05, 4.69) is 27.2 Å². The van der Waals surface area contributed by atoms with Crippen molar-refractivity contribution >= 4 is 11.6 Å². The van der Waals surface area contributed by atoms with Gasteiger partial charge in [-0.3, -0.25) is 0 Å². The molecule has 1 aliphatic rings. The molecule has 96 valence electrons. The summed E-state index contributed by atoms with van der Waals surface area (Å²) in [6, 6.07) is 6.38. The van der Waals surface area contributed by atoms with E-state index in [-0.39, 0.29) is 0 Å². The first kappa shape index (κ1) is 11.5. The van der Waals surface area contributed by atoms with Crippen LogP contribution in [0.2, 0.25) is 0 Å². The summed E-state index contributed by atoms with van der Waals surface area (Å²) in [5.41, 5.74) is 0.892. The van der Waals surface area contributed by atoms with Crippen molar-refractivity contribution in [2.24, 2.45) is 0 Å². The summed E-state index contributed by atoms with van der Waals surface area (Å²) >= 11 is 0. The van der Waals surface area contributed by atoms with Gasteiger partial charge in [0.25, 0.3) is 0 Å². The fourth-order valence-corrected chi connectivity index (χ4v) is 2.54. The van der Waals surface area contributed by atoms with Crippen LogP contribution in [0.1, 0.15) is 19.8 Å². The van der Waals surface area contributed by atoms with E-state index in [0.717, 1.165) is 24.7 Å². The van der Waals surface area contributed by atoms with E-state index >= 15 is 0 Å². The number of anilines is 1. The molecule has 0 aromatic carbocycles. The Morgan fingerprint density at radius 2 is 2.39 bits per heavy atom. The number of piperidine rings is 1. The van der Waals surface area contributed by atoms with Crippen LogP contribution in [0.5, 0.6) is 0 Å². The number of likely N-dealkylation sites (N-methyl/N-ethyl adjacent to an activating group) is 1. The van der Waals surface area contributed by atoms with Gasteiger partial charge in [0.2, 0.25) is 5.95 Å². The van der Waals surface area contributed by atoms with Crippen molar-refractivity contribution in [2.45, 2.75) is 25.8 Å². The lowest BCUT2D eigenvalue weighted by molar-refractivity contribution is 0.226. The van der Waals surface area contributed by atoms with Crippen LogP contribution in [0, 0.1) is 0 Å². The SMILES string of the molecule is CCN1CCCC(Nc2nc3ccccn3n2)C1. The summed E-state index contributed by atoms with van der Waals surface area (Å²) in [6.07, 6.45) is 4.37. The third-order valence-corrected chi connectivity index (χ3v) is 3.53. The molecule has 0 aliphatic carbocycles. The second-order valence-electron chi connectivity index (χ2n) is 4.82. The lowest BCUT2D eigenvalue weighted by Gasteiger charge is -2.31. The van der Waals surface area contributed by atoms with Gasteiger partial charge < -0.3 is 10.2 Å². The minimum Gasteiger partial charge on any atom is -0.349 e. The molecule has 5 heteroatoms. The number of nitrogens with zero attached hydrogens (tertiary/aromatic N) is 4. The van der Waals surface area contributed by atoms with Crippen molar-refractivity contribution in [3.8, 4) is 0 Å². The number of nitrogens with one attached hydrogen (secondary N) is 1. The molecule has 2 aromatic rings. The van der Waals surface area contributed by atoms with E-state index in [9.17, 15) is 0 Å². The molecule has 2 aromatic heterocycles. The van der Waals surface area contributed by atoms with Crippen molar-refractivity contribution in [1.82, 2.24) is 19.5 Å². The number of pyridine rings is 1. The normalized spacial score (nSPS) is 21.3. The lowest BCUT2D eigenvalue weighted by Crippen LogP contribution is -2.42. The maximum atomic E-state index is 4.48. The highest BCUT2D eigenvalue weighted by Crippen LogP contribution is 2.14. The summed E-state index contributed by atoms with van der Waals surface area (Å²) in [6.45, 7) is 5.64. The topological polar surface area (TPSA) is 45.5 Å². The van der Waals surface area contributed by atoms with Gasteiger partial charge in [-0.15, -0.1) is 5.10 Å². The molecule has 1 saturated heterocycles. The monoisotopic (exact) mass is 245 g/mol. The Labute approximate surface area is 107 Å². The highest BCUT2D eigenvalue weighted by atomic mass is 15.4. The Balaban J connectivity index is 1.71. The summed E-state index contributed by atoms with van der Waals surface area (Å²) in [7, 11) is 0. The molecule has 3 rings (SSSR count). The van der Waals surface area contributed by atoms with E-state index in [1.807, 2.05) is 28.9 Å². The lowest BCUT2D eigenvalue weighted by atomic mass is 10.1. The molecule has 1 aliphatic heterocycles. The standard InChI is InChI=1S/C13H19N5/c1-2-17-8-5-6-11(10-17)14-13-15-12-7-3-4-9-18(12)16-13/h3-4,7,9,11H,2,5-6,8,10H2,1H3,(H,14,16). The van der Waals surface area contributed by atoms with Crippen LogP contribution in [0.15, 0.2) is 24.4 Å². The molecule has 18 heavy (non-hydrogen) atoms. The Hall–Kier alpha value is -1.62. The predicted molar refractivity (Wildman–Crippen MR) is 71.7 cm³/mol. The van der Waals surface area contributed by atoms with Crippen molar-refractivity contribution in [3.63, 3.8) is 0 Å². The van der Waals surface area contributed by atoms with E-state index in [1.165, 1.54) is 19.4 Å². The van der Waals surface area contributed by atoms with Gasteiger partial charge in [-0.05, 0) is 38.1 Å². The predicted octanol–water partition coefficient (Wildman–Crippen LogP) is 1.63. The Morgan fingerprint density at radius 3 is 3.22 bits per heavy atom. The van der Waals surface area contributed by atoms with E-state index in [4.69, 9.17) is 0 Å². The molecule has 0 spiro atoms. The molecule has 1 N–H and O–H groups in total. The third kappa shape index (κ3) is 2.31. The van der Waals surface area contributed by atoms with Crippen LogP contribution < -0.4 is 5.32 Å². The summed E-state index contributed by atoms with van der Waals surface area (Å²) in [4.78, 5) is 6.95. The number of hydrogen-bond donors (Lipinski definition) is 1. The molecule has 0 bridgehead atoms. The van der Waals surface area contributed by atoms with Crippen LogP contribution in [-0.2, 0) is 0 Å². The maximum Gasteiger partial charge on any atom is 0.243 e. The molecular formula is C13H19N5. The zero-order valence-electron chi connectivity index (χ0n) is 10.7. The number of hydrogen-bond acceptors (Lipinski definition) is 4. The summed E-state index contributed by atoms with van der Waals surface area (Å²) in [5, 5.41) is 7.88. The number of aromatic nitrogens is 3. The molecular weight excluding hydrogens is 226 g/mol. The fourth-order valence-electron chi connectivity index (χ4n) is 2.54. The van der Waals surface area contributed by atoms with Crippen LogP contribution in [0.4, 0.5) is 5.95 Å². The minimum atomic E-state index is 0.469. The molecule has 1 atom stereocenters. The summed E-state index contributed by atoms with van der Waals surface area (Å²) < 4.78 is 1.81. The first-order valence-corrected chi connectivity index (χ1v) is 6.65. The van der Waals surface area contributed by atoms with Gasteiger partial charge in [-0.1, -0.05) is 13.0 Å². The van der Waals surface area contributed by atoms with Crippen LogP contribution in [-0.4, -0.2) is 45.2 Å². The van der Waals surface area contributed by atoms with Gasteiger partial charge in [0.1, 0.15) is 0 Å². The van der Waals surface area contributed by atoms with Crippen LogP contribution in [0.3, 0.4) is 0 Å². The number of fused-ring (bicyclic) bond motifs is 1. The Morgan fingerprint density at radius 1 is 1.44 bits per heavy atom. The summed E-state index contributed by atoms with van der Waals surface area (Å²) in [5.74, 6) is 0.740. The van der Waals surface area contributed by atoms with Crippen LogP contribution >= 0.6 is 0 Å². The Bertz CT molecular complexity index is 488. The molecule has 0 amide bonds. The quantitative estimate of drug-likeness (QED) is 0.892. The smallest absolute Gasteiger partial charge is 0.243 e. The van der Waals surface area contributed by atoms with Crippen molar-refractivity contribution in [2.75, 3.05) is 25.0 Å². The second-order valence-corrected chi connectivity index (χ2v) is 4.82. The van der Waals surface area contributed by atoms with Crippen LogP contribution in [0.25, 0.3) is 5.65 Å². The van der Waals surface area contributed by atoms with E-state index in [1.54, 1.807) is 0 Å². The minimum absolute atomic E-state index is 0.469. The largest absolute Gasteiger partial charge is 0.349 e. The van der Waals surface area contributed by atoms with Gasteiger partial charge in [0.15, 0.2) is 5.65 Å². The molecule has 5 nitrogen and oxygen atoms in total. The zero-order valence-corrected chi connectivity index (χ0v) is 10.7.